The molecule has 0 spiro atoms. The molecule has 0 fully saturated rings. The van der Waals surface area contributed by atoms with Crippen molar-refractivity contribution in [3.8, 4) is 34.1 Å². The van der Waals surface area contributed by atoms with Crippen molar-refractivity contribution in [3.63, 3.8) is 0 Å². The van der Waals surface area contributed by atoms with Crippen LogP contribution in [-0.4, -0.2) is 12.1 Å². The molecule has 130 valence electrons. The predicted octanol–water partition coefficient (Wildman–Crippen LogP) is 4.98. The summed E-state index contributed by atoms with van der Waals surface area (Å²) in [7, 11) is 1.56. The van der Waals surface area contributed by atoms with Gasteiger partial charge in [0.15, 0.2) is 0 Å². The van der Waals surface area contributed by atoms with Gasteiger partial charge in [0.1, 0.15) is 29.0 Å². The third kappa shape index (κ3) is 2.96. The zero-order valence-corrected chi connectivity index (χ0v) is 14.9. The van der Waals surface area contributed by atoms with E-state index in [0.717, 1.165) is 5.56 Å². The van der Waals surface area contributed by atoms with Gasteiger partial charge in [-0.2, -0.15) is 5.26 Å². The van der Waals surface area contributed by atoms with E-state index in [9.17, 15) is 9.65 Å². The number of halogens is 2. The highest BCUT2D eigenvalue weighted by molar-refractivity contribution is 6.30. The fourth-order valence-corrected chi connectivity index (χ4v) is 3.08. The minimum absolute atomic E-state index is 0.00449. The van der Waals surface area contributed by atoms with E-state index in [1.807, 2.05) is 24.3 Å². The Labute approximate surface area is 155 Å². The van der Waals surface area contributed by atoms with E-state index in [0.29, 0.717) is 28.1 Å². The van der Waals surface area contributed by atoms with Gasteiger partial charge in [0.05, 0.1) is 12.1 Å². The second-order valence-corrected chi connectivity index (χ2v) is 6.06. The van der Waals surface area contributed by atoms with Gasteiger partial charge in [-0.25, -0.2) is 9.37 Å². The monoisotopic (exact) mass is 367 g/mol. The summed E-state index contributed by atoms with van der Waals surface area (Å²) in [6.07, 6.45) is 0. The number of methoxy groups -OCH3 is 1. The molecule has 0 saturated heterocycles. The highest BCUT2D eigenvalue weighted by Gasteiger charge is 2.22. The first-order chi connectivity index (χ1) is 12.5. The highest BCUT2D eigenvalue weighted by atomic mass is 35.5. The third-order valence-electron chi connectivity index (χ3n) is 4.10. The van der Waals surface area contributed by atoms with Crippen molar-refractivity contribution >= 4 is 17.4 Å². The lowest BCUT2D eigenvalue weighted by Gasteiger charge is -2.18. The lowest BCUT2D eigenvalue weighted by atomic mass is 9.89. The van der Waals surface area contributed by atoms with Crippen LogP contribution in [0.5, 0.6) is 5.75 Å². The van der Waals surface area contributed by atoms with Crippen molar-refractivity contribution in [2.45, 2.75) is 6.92 Å². The van der Waals surface area contributed by atoms with Crippen LogP contribution in [-0.2, 0) is 0 Å². The number of nitrogen functional groups attached to an aromatic ring is 1. The van der Waals surface area contributed by atoms with E-state index < -0.39 is 5.82 Å². The van der Waals surface area contributed by atoms with E-state index in [-0.39, 0.29) is 16.4 Å². The second-order valence-electron chi connectivity index (χ2n) is 5.65. The van der Waals surface area contributed by atoms with Crippen LogP contribution >= 0.6 is 11.6 Å². The summed E-state index contributed by atoms with van der Waals surface area (Å²) < 4.78 is 19.5. The van der Waals surface area contributed by atoms with Crippen molar-refractivity contribution in [2.24, 2.45) is 0 Å². The summed E-state index contributed by atoms with van der Waals surface area (Å²) in [5.74, 6) is 0.128. The average Bonchev–Trinajstić information content (AvgIpc) is 2.63. The largest absolute Gasteiger partial charge is 0.496 e. The van der Waals surface area contributed by atoms with Gasteiger partial charge in [0, 0.05) is 22.4 Å². The minimum atomic E-state index is -0.577. The fraction of sp³-hybridized carbons (Fsp3) is 0.100. The smallest absolute Gasteiger partial charge is 0.142 e. The molecule has 4 nitrogen and oxygen atoms in total. The number of hydrogen-bond acceptors (Lipinski definition) is 4. The molecule has 3 rings (SSSR count). The topological polar surface area (TPSA) is 71.9 Å². The van der Waals surface area contributed by atoms with Crippen molar-refractivity contribution in [1.82, 2.24) is 4.98 Å². The Balaban J connectivity index is 2.45. The molecule has 0 unspecified atom stereocenters. The number of para-hydroxylation sites is 1. The van der Waals surface area contributed by atoms with Crippen LogP contribution in [0.15, 0.2) is 42.5 Å². The van der Waals surface area contributed by atoms with Gasteiger partial charge in [0.2, 0.25) is 0 Å². The first-order valence-corrected chi connectivity index (χ1v) is 8.14. The SMILES string of the molecule is COc1ccccc1-c1c(C)nc(N)c(C#N)c1-c1ccc(Cl)c(F)c1. The van der Waals surface area contributed by atoms with Gasteiger partial charge in [-0.05, 0) is 30.7 Å². The molecule has 26 heavy (non-hydrogen) atoms. The number of ether oxygens (including phenoxy) is 1. The minimum Gasteiger partial charge on any atom is -0.496 e. The number of hydrogen-bond donors (Lipinski definition) is 1. The van der Waals surface area contributed by atoms with Crippen molar-refractivity contribution in [2.75, 3.05) is 12.8 Å². The van der Waals surface area contributed by atoms with Gasteiger partial charge >= 0.3 is 0 Å². The van der Waals surface area contributed by atoms with E-state index in [4.69, 9.17) is 22.1 Å². The van der Waals surface area contributed by atoms with Crippen LogP contribution in [0, 0.1) is 24.1 Å². The molecule has 3 aromatic rings. The molecular formula is C20H15ClFN3O. The van der Waals surface area contributed by atoms with Crippen LogP contribution in [0.1, 0.15) is 11.3 Å². The van der Waals surface area contributed by atoms with Crippen molar-refractivity contribution < 1.29 is 9.13 Å². The lowest BCUT2D eigenvalue weighted by molar-refractivity contribution is 0.416. The number of aryl methyl sites for hydroxylation is 1. The number of nitriles is 1. The summed E-state index contributed by atoms with van der Waals surface area (Å²) in [4.78, 5) is 4.30. The molecule has 1 heterocycles. The third-order valence-corrected chi connectivity index (χ3v) is 4.41. The molecule has 0 aliphatic carbocycles. The summed E-state index contributed by atoms with van der Waals surface area (Å²) in [6, 6.07) is 13.8. The van der Waals surface area contributed by atoms with Crippen molar-refractivity contribution in [1.29, 1.82) is 5.26 Å². The van der Waals surface area contributed by atoms with Gasteiger partial charge in [-0.3, -0.25) is 0 Å². The number of nitrogens with two attached hydrogens (primary N) is 1. The Morgan fingerprint density at radius 1 is 1.19 bits per heavy atom. The number of aromatic nitrogens is 1. The molecule has 2 aromatic carbocycles. The Morgan fingerprint density at radius 2 is 1.92 bits per heavy atom. The van der Waals surface area contributed by atoms with Gasteiger partial charge in [-0.1, -0.05) is 35.9 Å². The van der Waals surface area contributed by atoms with Crippen LogP contribution in [0.25, 0.3) is 22.3 Å². The zero-order chi connectivity index (χ0) is 18.8. The van der Waals surface area contributed by atoms with E-state index in [1.54, 1.807) is 20.1 Å². The van der Waals surface area contributed by atoms with E-state index in [2.05, 4.69) is 11.1 Å². The number of anilines is 1. The average molecular weight is 368 g/mol. The molecule has 2 N–H and O–H groups in total. The quantitative estimate of drug-likeness (QED) is 0.708. The molecule has 1 aromatic heterocycles. The molecule has 6 heteroatoms. The first kappa shape index (κ1) is 17.7. The van der Waals surface area contributed by atoms with Crippen LogP contribution < -0.4 is 10.5 Å². The van der Waals surface area contributed by atoms with Crippen LogP contribution in [0.2, 0.25) is 5.02 Å². The highest BCUT2D eigenvalue weighted by Crippen LogP contribution is 2.42. The molecule has 0 aliphatic heterocycles. The molecule has 0 radical (unpaired) electrons. The maximum Gasteiger partial charge on any atom is 0.142 e. The Hall–Kier alpha value is -3.10. The number of benzene rings is 2. The number of nitrogens with zero attached hydrogens (tertiary/aromatic N) is 2. The molecule has 0 amide bonds. The van der Waals surface area contributed by atoms with Crippen LogP contribution in [0.4, 0.5) is 10.2 Å². The Morgan fingerprint density at radius 3 is 2.58 bits per heavy atom. The first-order valence-electron chi connectivity index (χ1n) is 7.77. The summed E-state index contributed by atoms with van der Waals surface area (Å²) in [5, 5.41) is 9.66. The van der Waals surface area contributed by atoms with Crippen molar-refractivity contribution in [3.05, 3.63) is 64.6 Å². The fourth-order valence-electron chi connectivity index (χ4n) is 2.96. The molecule has 0 atom stereocenters. The maximum atomic E-state index is 14.1. The summed E-state index contributed by atoms with van der Waals surface area (Å²) in [6.45, 7) is 1.79. The van der Waals surface area contributed by atoms with E-state index in [1.165, 1.54) is 12.1 Å². The summed E-state index contributed by atoms with van der Waals surface area (Å²) in [5.41, 5.74) is 9.14. The normalized spacial score (nSPS) is 10.4. The standard InChI is InChI=1S/C20H15ClFN3O/c1-11-18(13-5-3-4-6-17(13)26-2)19(14(10-23)20(24)25-11)12-7-8-15(21)16(22)9-12/h3-9H,1-2H3,(H2,24,25). The predicted molar refractivity (Wildman–Crippen MR) is 100 cm³/mol. The number of rotatable bonds is 3. The van der Waals surface area contributed by atoms with Crippen LogP contribution in [0.3, 0.4) is 0 Å². The lowest BCUT2D eigenvalue weighted by Crippen LogP contribution is -2.04. The zero-order valence-electron chi connectivity index (χ0n) is 14.2. The van der Waals surface area contributed by atoms with Gasteiger partial charge in [0.25, 0.3) is 0 Å². The van der Waals surface area contributed by atoms with E-state index >= 15 is 0 Å². The summed E-state index contributed by atoms with van der Waals surface area (Å²) >= 11 is 5.81. The molecule has 0 saturated carbocycles. The van der Waals surface area contributed by atoms with Gasteiger partial charge in [-0.15, -0.1) is 0 Å². The Kier molecular flexibility index (Phi) is 4.79. The maximum absolute atomic E-state index is 14.1. The molecule has 0 bridgehead atoms. The second kappa shape index (κ2) is 7.03. The molecular weight excluding hydrogens is 353 g/mol. The molecule has 0 aliphatic rings. The Bertz CT molecular complexity index is 1040. The number of pyridine rings is 1. The van der Waals surface area contributed by atoms with Gasteiger partial charge < -0.3 is 10.5 Å².